The minimum atomic E-state index is -0.262. The summed E-state index contributed by atoms with van der Waals surface area (Å²) in [6, 6.07) is 10.1. The van der Waals surface area contributed by atoms with Crippen molar-refractivity contribution < 1.29 is 9.18 Å². The van der Waals surface area contributed by atoms with Crippen molar-refractivity contribution in [3.63, 3.8) is 0 Å². The van der Waals surface area contributed by atoms with Crippen LogP contribution in [0.5, 0.6) is 0 Å². The highest BCUT2D eigenvalue weighted by molar-refractivity contribution is 5.79. The normalized spacial score (nSPS) is 18.4. The lowest BCUT2D eigenvalue weighted by Crippen LogP contribution is -2.43. The lowest BCUT2D eigenvalue weighted by Gasteiger charge is -2.32. The summed E-state index contributed by atoms with van der Waals surface area (Å²) in [7, 11) is 0. The molecule has 6 nitrogen and oxygen atoms in total. The monoisotopic (exact) mass is 411 g/mol. The van der Waals surface area contributed by atoms with Crippen LogP contribution in [0.25, 0.3) is 11.3 Å². The van der Waals surface area contributed by atoms with Gasteiger partial charge in [0, 0.05) is 37.7 Å². The van der Waals surface area contributed by atoms with Crippen molar-refractivity contribution in [2.75, 3.05) is 44.2 Å². The number of hydrogen-bond acceptors (Lipinski definition) is 5. The Bertz CT molecular complexity index is 812. The molecule has 0 saturated carbocycles. The molecule has 4 rings (SSSR count). The summed E-state index contributed by atoms with van der Waals surface area (Å²) < 4.78 is 13.1. The smallest absolute Gasteiger partial charge is 0.223 e. The van der Waals surface area contributed by atoms with Gasteiger partial charge >= 0.3 is 0 Å². The fraction of sp³-hybridized carbons (Fsp3) is 0.522. The number of hydrogen-bond donors (Lipinski definition) is 1. The lowest BCUT2D eigenvalue weighted by atomic mass is 9.96. The lowest BCUT2D eigenvalue weighted by molar-refractivity contribution is -0.125. The van der Waals surface area contributed by atoms with Crippen LogP contribution < -0.4 is 10.2 Å². The average Bonchev–Trinajstić information content (AvgIpc) is 2.80. The zero-order valence-electron chi connectivity index (χ0n) is 17.4. The molecule has 30 heavy (non-hydrogen) atoms. The second-order valence-electron chi connectivity index (χ2n) is 8.24. The van der Waals surface area contributed by atoms with Crippen molar-refractivity contribution in [2.24, 2.45) is 5.92 Å². The van der Waals surface area contributed by atoms with Crippen molar-refractivity contribution in [1.82, 2.24) is 20.4 Å². The summed E-state index contributed by atoms with van der Waals surface area (Å²) >= 11 is 0. The summed E-state index contributed by atoms with van der Waals surface area (Å²) in [6.45, 7) is 5.63. The van der Waals surface area contributed by atoms with Gasteiger partial charge in [-0.25, -0.2) is 4.39 Å². The first-order chi connectivity index (χ1) is 14.7. The highest BCUT2D eigenvalue weighted by atomic mass is 19.1. The molecule has 1 N–H and O–H groups in total. The molecule has 7 heteroatoms. The van der Waals surface area contributed by atoms with Crippen LogP contribution in [0.4, 0.5) is 10.2 Å². The fourth-order valence-electron chi connectivity index (χ4n) is 4.30. The molecule has 0 radical (unpaired) electrons. The van der Waals surface area contributed by atoms with Gasteiger partial charge < -0.3 is 15.1 Å². The molecule has 2 aliphatic rings. The zero-order chi connectivity index (χ0) is 20.8. The minimum absolute atomic E-state index is 0.0778. The maximum Gasteiger partial charge on any atom is 0.223 e. The predicted molar refractivity (Wildman–Crippen MR) is 116 cm³/mol. The summed E-state index contributed by atoms with van der Waals surface area (Å²) in [4.78, 5) is 17.1. The Kier molecular flexibility index (Phi) is 6.89. The van der Waals surface area contributed by atoms with Gasteiger partial charge in [-0.15, -0.1) is 10.2 Å². The standard InChI is InChI=1S/C23H30FN5O/c24-20-6-4-18(5-7-20)21-8-9-22(27-26-21)29-15-10-19(11-16-29)23(30)25-12-17-28-13-2-1-3-14-28/h4-9,19H,1-3,10-17H2,(H,25,30). The van der Waals surface area contributed by atoms with Crippen molar-refractivity contribution in [3.8, 4) is 11.3 Å². The average molecular weight is 412 g/mol. The molecule has 2 saturated heterocycles. The number of benzene rings is 1. The van der Waals surface area contributed by atoms with E-state index in [1.807, 2.05) is 12.1 Å². The molecule has 2 fully saturated rings. The Morgan fingerprint density at radius 3 is 2.37 bits per heavy atom. The quantitative estimate of drug-likeness (QED) is 0.792. The van der Waals surface area contributed by atoms with Crippen molar-refractivity contribution in [2.45, 2.75) is 32.1 Å². The number of likely N-dealkylation sites (tertiary alicyclic amines) is 1. The Hall–Kier alpha value is -2.54. The van der Waals surface area contributed by atoms with Crippen LogP contribution >= 0.6 is 0 Å². The molecule has 0 atom stereocenters. The van der Waals surface area contributed by atoms with E-state index in [1.165, 1.54) is 31.4 Å². The van der Waals surface area contributed by atoms with Gasteiger partial charge in [0.2, 0.25) is 5.91 Å². The number of amides is 1. The van der Waals surface area contributed by atoms with E-state index < -0.39 is 0 Å². The van der Waals surface area contributed by atoms with E-state index in [4.69, 9.17) is 0 Å². The van der Waals surface area contributed by atoms with Gasteiger partial charge in [0.25, 0.3) is 0 Å². The van der Waals surface area contributed by atoms with Crippen LogP contribution in [-0.4, -0.2) is 60.3 Å². The summed E-state index contributed by atoms with van der Waals surface area (Å²) in [5.41, 5.74) is 1.57. The number of nitrogens with one attached hydrogen (secondary N) is 1. The number of piperidine rings is 2. The van der Waals surface area contributed by atoms with E-state index in [9.17, 15) is 9.18 Å². The molecule has 0 aliphatic carbocycles. The SMILES string of the molecule is O=C(NCCN1CCCCC1)C1CCN(c2ccc(-c3ccc(F)cc3)nn2)CC1. The molecule has 1 aromatic carbocycles. The van der Waals surface area contributed by atoms with Crippen LogP contribution in [0.1, 0.15) is 32.1 Å². The molecule has 3 heterocycles. The number of nitrogens with zero attached hydrogens (tertiary/aromatic N) is 4. The molecule has 1 aromatic heterocycles. The van der Waals surface area contributed by atoms with Gasteiger partial charge in [-0.2, -0.15) is 0 Å². The first-order valence-electron chi connectivity index (χ1n) is 11.0. The highest BCUT2D eigenvalue weighted by Gasteiger charge is 2.25. The summed E-state index contributed by atoms with van der Waals surface area (Å²) in [6.07, 6.45) is 5.55. The number of rotatable bonds is 6. The third-order valence-corrected chi connectivity index (χ3v) is 6.16. The first-order valence-corrected chi connectivity index (χ1v) is 11.0. The first kappa shape index (κ1) is 20.7. The molecule has 0 spiro atoms. The van der Waals surface area contributed by atoms with Crippen molar-refractivity contribution in [1.29, 1.82) is 0 Å². The molecule has 2 aromatic rings. The van der Waals surface area contributed by atoms with Gasteiger partial charge in [-0.1, -0.05) is 6.42 Å². The maximum absolute atomic E-state index is 13.1. The van der Waals surface area contributed by atoms with Gasteiger partial charge in [-0.05, 0) is 75.2 Å². The van der Waals surface area contributed by atoms with Gasteiger partial charge in [0.1, 0.15) is 5.82 Å². The molecule has 0 bridgehead atoms. The second kappa shape index (κ2) is 9.98. The van der Waals surface area contributed by atoms with Gasteiger partial charge in [-0.3, -0.25) is 4.79 Å². The summed E-state index contributed by atoms with van der Waals surface area (Å²) in [5.74, 6) is 0.824. The number of halogens is 1. The van der Waals surface area contributed by atoms with Crippen LogP contribution in [-0.2, 0) is 4.79 Å². The molecule has 160 valence electrons. The predicted octanol–water partition coefficient (Wildman–Crippen LogP) is 3.10. The van der Waals surface area contributed by atoms with Crippen LogP contribution in [0.15, 0.2) is 36.4 Å². The van der Waals surface area contributed by atoms with E-state index in [1.54, 1.807) is 12.1 Å². The molecule has 2 aliphatic heterocycles. The molecular formula is C23H30FN5O. The van der Waals surface area contributed by atoms with Gasteiger partial charge in [0.05, 0.1) is 5.69 Å². The van der Waals surface area contributed by atoms with E-state index in [0.717, 1.165) is 69.2 Å². The Morgan fingerprint density at radius 1 is 0.967 bits per heavy atom. The van der Waals surface area contributed by atoms with Crippen molar-refractivity contribution in [3.05, 3.63) is 42.2 Å². The topological polar surface area (TPSA) is 61.4 Å². The molecular weight excluding hydrogens is 381 g/mol. The Labute approximate surface area is 177 Å². The number of carbonyl (C=O) groups is 1. The second-order valence-corrected chi connectivity index (χ2v) is 8.24. The van der Waals surface area contributed by atoms with E-state index in [0.29, 0.717) is 0 Å². The van der Waals surface area contributed by atoms with Crippen LogP contribution in [0, 0.1) is 11.7 Å². The van der Waals surface area contributed by atoms with Crippen LogP contribution in [0.2, 0.25) is 0 Å². The molecule has 0 unspecified atom stereocenters. The minimum Gasteiger partial charge on any atom is -0.355 e. The third kappa shape index (κ3) is 5.33. The van der Waals surface area contributed by atoms with Gasteiger partial charge in [0.15, 0.2) is 5.82 Å². The highest BCUT2D eigenvalue weighted by Crippen LogP contribution is 2.23. The zero-order valence-corrected chi connectivity index (χ0v) is 17.4. The number of anilines is 1. The Morgan fingerprint density at radius 2 is 1.70 bits per heavy atom. The van der Waals surface area contributed by atoms with E-state index >= 15 is 0 Å². The number of aromatic nitrogens is 2. The van der Waals surface area contributed by atoms with Crippen molar-refractivity contribution >= 4 is 11.7 Å². The maximum atomic E-state index is 13.1. The van der Waals surface area contributed by atoms with E-state index in [-0.39, 0.29) is 17.6 Å². The largest absolute Gasteiger partial charge is 0.355 e. The molecule has 1 amide bonds. The summed E-state index contributed by atoms with van der Waals surface area (Å²) in [5, 5.41) is 11.8. The van der Waals surface area contributed by atoms with Crippen LogP contribution in [0.3, 0.4) is 0 Å². The number of carbonyl (C=O) groups excluding carboxylic acids is 1. The fourth-order valence-corrected chi connectivity index (χ4v) is 4.30. The Balaban J connectivity index is 1.22. The third-order valence-electron chi connectivity index (χ3n) is 6.16. The van der Waals surface area contributed by atoms with E-state index in [2.05, 4.69) is 25.3 Å².